The molecule has 19 heteroatoms. The highest BCUT2D eigenvalue weighted by molar-refractivity contribution is 7.28. The molecule has 0 aliphatic heterocycles. The van der Waals surface area contributed by atoms with Gasteiger partial charge in [0.1, 0.15) is 118 Å². The molecule has 7 aromatic carbocycles. The predicted molar refractivity (Wildman–Crippen MR) is 286 cm³/mol. The maximum absolute atomic E-state index is 7.36. The quantitative estimate of drug-likeness (QED) is 0.158. The molecule has 3 nitrogen and oxygen atoms in total. The lowest BCUT2D eigenvalue weighted by atomic mass is 9.56. The minimum atomic E-state index is -0.0626. The number of nitrogens with zero attached hydrogens (tertiary/aromatic N) is 3. The van der Waals surface area contributed by atoms with Crippen molar-refractivity contribution in [2.24, 2.45) is 0 Å². The summed E-state index contributed by atoms with van der Waals surface area (Å²) in [5.41, 5.74) is 4.13. The number of hydrogen-bond acceptors (Lipinski definition) is 4. The molecule has 260 valence electrons. The fourth-order valence-electron chi connectivity index (χ4n) is 8.13. The summed E-state index contributed by atoms with van der Waals surface area (Å²) in [5, 5.41) is 0.784. The summed E-state index contributed by atoms with van der Waals surface area (Å²) in [4.78, 5) is 14.9. The Hall–Kier alpha value is -5.26. The fraction of sp³-hybridized carbons (Fsp3) is 0. The van der Waals surface area contributed by atoms with E-state index in [4.69, 9.17) is 133 Å². The van der Waals surface area contributed by atoms with Crippen LogP contribution in [-0.2, 0) is 0 Å². The summed E-state index contributed by atoms with van der Waals surface area (Å²) in [6.07, 6.45) is 0. The van der Waals surface area contributed by atoms with Crippen LogP contribution < -0.4 is 81.9 Å². The summed E-state index contributed by atoms with van der Waals surface area (Å²) in [6.45, 7) is 0. The van der Waals surface area contributed by atoms with E-state index in [0.717, 1.165) is 11.1 Å². The number of fused-ring (bicyclic) bond motifs is 3. The van der Waals surface area contributed by atoms with Gasteiger partial charge in [0.05, 0.1) is 0 Å². The molecule has 0 atom stereocenters. The van der Waals surface area contributed by atoms with Crippen molar-refractivity contribution < 1.29 is 0 Å². The van der Waals surface area contributed by atoms with Gasteiger partial charge in [0, 0.05) is 26.1 Å². The van der Waals surface area contributed by atoms with E-state index >= 15 is 0 Å². The minimum absolute atomic E-state index is 0.00630. The molecule has 9 rings (SSSR count). The first kappa shape index (κ1) is 44.0. The first-order valence-corrected chi connectivity index (χ1v) is 20.3. The van der Waals surface area contributed by atoms with Crippen molar-refractivity contribution in [2.45, 2.75) is 0 Å². The SMILES string of the molecule is [B]c1c([B])c([B])c(-c2c([B])c(-c3nc(-c4ccccc4)nc(-c4ccc(-c5ccccc5)cc4)n3)c([B])c(-c3c([B])c([B])c([B])c4c3sc3c([B])c([B])c([B])c([B])c34)c2[B])c([B])c1[B]. The molecule has 0 aliphatic carbocycles. The van der Waals surface area contributed by atoms with Gasteiger partial charge in [0.25, 0.3) is 0 Å². The average Bonchev–Trinajstić information content (AvgIpc) is 3.71. The number of hydrogen-bond donors (Lipinski definition) is 0. The monoisotopic (exact) mass is 793 g/mol. The molecule has 0 saturated carbocycles. The van der Waals surface area contributed by atoms with E-state index in [1.54, 1.807) is 0 Å². The highest BCUT2D eigenvalue weighted by Gasteiger charge is 2.28. The largest absolute Gasteiger partial charge is 0.208 e. The Morgan fingerprint density at radius 3 is 1.12 bits per heavy atom. The van der Waals surface area contributed by atoms with Gasteiger partial charge >= 0.3 is 0 Å². The van der Waals surface area contributed by atoms with Crippen molar-refractivity contribution in [2.75, 3.05) is 0 Å². The van der Waals surface area contributed by atoms with Crippen LogP contribution in [-0.4, -0.2) is 133 Å². The van der Waals surface area contributed by atoms with E-state index in [2.05, 4.69) is 0 Å². The summed E-state index contributed by atoms with van der Waals surface area (Å²) in [5.74, 6) is 0.646. The Bertz CT molecular complexity index is 3410. The van der Waals surface area contributed by atoms with Gasteiger partial charge in [-0.05, 0) is 44.2 Å². The van der Waals surface area contributed by atoms with E-state index < -0.39 is 0 Å². The van der Waals surface area contributed by atoms with Gasteiger partial charge in [-0.2, -0.15) is 0 Å². The van der Waals surface area contributed by atoms with Crippen LogP contribution in [0.25, 0.3) is 87.7 Å². The van der Waals surface area contributed by atoms with E-state index in [1.165, 1.54) is 11.3 Å². The first-order chi connectivity index (χ1) is 30.5. The van der Waals surface area contributed by atoms with Crippen LogP contribution >= 0.6 is 11.3 Å². The Labute approximate surface area is 396 Å². The van der Waals surface area contributed by atoms with Crippen LogP contribution in [0.2, 0.25) is 0 Å². The number of rotatable bonds is 6. The normalized spacial score (nSPS) is 11.4. The number of benzene rings is 7. The lowest BCUT2D eigenvalue weighted by Gasteiger charge is -2.30. The second-order valence-electron chi connectivity index (χ2n) is 15.2. The Morgan fingerprint density at radius 2 is 0.578 bits per heavy atom. The van der Waals surface area contributed by atoms with E-state index in [1.807, 2.05) is 84.9 Å². The van der Waals surface area contributed by atoms with Gasteiger partial charge in [-0.15, -0.1) is 44.1 Å². The molecule has 2 aromatic heterocycles. The van der Waals surface area contributed by atoms with Crippen molar-refractivity contribution in [1.29, 1.82) is 0 Å². The highest BCUT2D eigenvalue weighted by Crippen LogP contribution is 2.37. The molecule has 0 N–H and O–H groups in total. The van der Waals surface area contributed by atoms with Crippen molar-refractivity contribution in [3.63, 3.8) is 0 Å². The smallest absolute Gasteiger partial charge is 0.164 e. The lowest BCUT2D eigenvalue weighted by Crippen LogP contribution is -2.56. The maximum atomic E-state index is 7.36. The van der Waals surface area contributed by atoms with Crippen LogP contribution in [0.5, 0.6) is 0 Å². The second-order valence-corrected chi connectivity index (χ2v) is 16.2. The molecule has 0 bridgehead atoms. The molecule has 0 saturated heterocycles. The zero-order valence-electron chi connectivity index (χ0n) is 34.0. The zero-order valence-corrected chi connectivity index (χ0v) is 34.8. The van der Waals surface area contributed by atoms with Crippen molar-refractivity contribution in [3.05, 3.63) is 84.9 Å². The predicted octanol–water partition coefficient (Wildman–Crippen LogP) is -5.85. The highest BCUT2D eigenvalue weighted by atomic mass is 32.1. The molecule has 9 aromatic rings. The van der Waals surface area contributed by atoms with E-state index in [9.17, 15) is 0 Å². The number of aromatic nitrogens is 3. The van der Waals surface area contributed by atoms with Crippen molar-refractivity contribution >= 4 is 231 Å². The first-order valence-electron chi connectivity index (χ1n) is 19.5. The Kier molecular flexibility index (Phi) is 11.4. The summed E-state index contributed by atoms with van der Waals surface area (Å²) < 4.78 is 0.894. The molecule has 64 heavy (non-hydrogen) atoms. The molecule has 0 spiro atoms. The molecule has 0 fully saturated rings. The Balaban J connectivity index is 1.43. The van der Waals surface area contributed by atoms with Crippen LogP contribution in [0.15, 0.2) is 84.9 Å². The van der Waals surface area contributed by atoms with Gasteiger partial charge in [0.2, 0.25) is 0 Å². The molecule has 0 amide bonds. The topological polar surface area (TPSA) is 38.7 Å². The minimum Gasteiger partial charge on any atom is -0.208 e. The summed E-state index contributed by atoms with van der Waals surface area (Å²) in [6, 6.07) is 27.1. The third kappa shape index (κ3) is 6.82. The zero-order chi connectivity index (χ0) is 45.6. The van der Waals surface area contributed by atoms with Crippen molar-refractivity contribution in [3.8, 4) is 67.5 Å². The fourth-order valence-corrected chi connectivity index (χ4v) is 9.49. The molecule has 2 heterocycles. The van der Waals surface area contributed by atoms with Crippen LogP contribution in [0.1, 0.15) is 0 Å². The molecule has 0 aliphatic rings. The molecule has 0 unspecified atom stereocenters. The van der Waals surface area contributed by atoms with Gasteiger partial charge in [0.15, 0.2) is 17.5 Å². The van der Waals surface area contributed by atoms with E-state index in [0.29, 0.717) is 42.9 Å². The summed E-state index contributed by atoms with van der Waals surface area (Å²) >= 11 is 1.18. The maximum Gasteiger partial charge on any atom is 0.164 e. The van der Waals surface area contributed by atoms with Crippen molar-refractivity contribution in [1.82, 2.24) is 15.0 Å². The van der Waals surface area contributed by atoms with Gasteiger partial charge in [-0.25, -0.2) is 15.0 Å². The van der Waals surface area contributed by atoms with Gasteiger partial charge < -0.3 is 0 Å². The molecular formula is C45H14B15N3S. The third-order valence-corrected chi connectivity index (χ3v) is 12.8. The van der Waals surface area contributed by atoms with Crippen LogP contribution in [0.3, 0.4) is 0 Å². The molecule has 30 radical (unpaired) electrons. The van der Waals surface area contributed by atoms with Gasteiger partial charge in [-0.3, -0.25) is 0 Å². The average molecular weight is 791 g/mol. The summed E-state index contributed by atoms with van der Waals surface area (Å²) in [7, 11) is 101. The third-order valence-electron chi connectivity index (χ3n) is 11.6. The lowest BCUT2D eigenvalue weighted by molar-refractivity contribution is 1.08. The Morgan fingerprint density at radius 1 is 0.250 bits per heavy atom. The standard InChI is InChI=1S/C45H14B15N3S/c46-26-19(20-29(49)35(55)38(58)36(56)30(20)50)27(47)25(28(48)21(26)22-31(51)34(54)32(52)23-24-33(53)37(57)39(59)40(60)42(24)64-41(22)23)45-62-43(17-9-5-2-6-10-17)61-44(63-45)18-13-11-16(12-14-18)15-7-3-1-4-8-15/h1-14H. The van der Waals surface area contributed by atoms with Gasteiger partial charge in [-0.1, -0.05) is 134 Å². The van der Waals surface area contributed by atoms with Crippen LogP contribution in [0.4, 0.5) is 0 Å². The van der Waals surface area contributed by atoms with E-state index in [-0.39, 0.29) is 116 Å². The molecular weight excluding hydrogens is 777 g/mol. The number of thiophene rings is 1. The van der Waals surface area contributed by atoms with Crippen LogP contribution in [0, 0.1) is 0 Å². The second kappa shape index (κ2) is 16.6.